The summed E-state index contributed by atoms with van der Waals surface area (Å²) in [4.78, 5) is 17.5. The molecule has 1 aliphatic rings. The van der Waals surface area contributed by atoms with Gasteiger partial charge in [0.25, 0.3) is 0 Å². The summed E-state index contributed by atoms with van der Waals surface area (Å²) in [6.07, 6.45) is 1.04. The minimum atomic E-state index is -1.08. The van der Waals surface area contributed by atoms with Gasteiger partial charge in [-0.15, -0.1) is 0 Å². The molecular weight excluding hydrogens is 270 g/mol. The third-order valence-corrected chi connectivity index (χ3v) is 3.85. The first-order valence-corrected chi connectivity index (χ1v) is 7.01. The van der Waals surface area contributed by atoms with Gasteiger partial charge >= 0.3 is 6.09 Å². The van der Waals surface area contributed by atoms with Crippen LogP contribution in [0.5, 0.6) is 0 Å². The third-order valence-electron chi connectivity index (χ3n) is 3.85. The van der Waals surface area contributed by atoms with Crippen LogP contribution in [0.3, 0.4) is 0 Å². The first-order chi connectivity index (χ1) is 10.0. The average Bonchev–Trinajstić information content (AvgIpc) is 2.75. The van der Waals surface area contributed by atoms with Crippen LogP contribution in [0.4, 0.5) is 16.4 Å². The van der Waals surface area contributed by atoms with E-state index in [-0.39, 0.29) is 6.04 Å². The van der Waals surface area contributed by atoms with E-state index >= 15 is 0 Å². The molecule has 3 rings (SSSR count). The van der Waals surface area contributed by atoms with Crippen LogP contribution >= 0.6 is 0 Å². The summed E-state index contributed by atoms with van der Waals surface area (Å²) >= 11 is 0. The highest BCUT2D eigenvalue weighted by molar-refractivity contribution is 5.88. The number of hydrogen-bond donors (Lipinski definition) is 3. The average molecular weight is 289 g/mol. The van der Waals surface area contributed by atoms with Gasteiger partial charge in [0.05, 0.1) is 11.0 Å². The molecule has 0 saturated carbocycles. The molecule has 4 N–H and O–H groups in total. The van der Waals surface area contributed by atoms with Gasteiger partial charge in [-0.25, -0.2) is 9.78 Å². The molecule has 1 aromatic carbocycles. The molecule has 1 unspecified atom stereocenters. The number of aromatic nitrogens is 2. The Balaban J connectivity index is 1.96. The number of carbonyl (C=O) groups is 1. The van der Waals surface area contributed by atoms with Gasteiger partial charge in [-0.05, 0) is 31.0 Å². The van der Waals surface area contributed by atoms with Crippen molar-refractivity contribution >= 4 is 28.8 Å². The fourth-order valence-corrected chi connectivity index (χ4v) is 2.86. The highest BCUT2D eigenvalue weighted by Gasteiger charge is 2.21. The number of hydrogen-bond acceptors (Lipinski definition) is 4. The van der Waals surface area contributed by atoms with Crippen LogP contribution in [0.1, 0.15) is 12.8 Å². The molecule has 1 atom stereocenters. The zero-order chi connectivity index (χ0) is 15.0. The maximum absolute atomic E-state index is 10.7. The summed E-state index contributed by atoms with van der Waals surface area (Å²) < 4.78 is 2.03. The normalized spacial score (nSPS) is 19.0. The summed E-state index contributed by atoms with van der Waals surface area (Å²) in [5.74, 6) is 0.882. The highest BCUT2D eigenvalue weighted by Crippen LogP contribution is 2.25. The smallest absolute Gasteiger partial charge is 0.409 e. The van der Waals surface area contributed by atoms with Gasteiger partial charge in [-0.2, -0.15) is 0 Å². The fraction of sp³-hybridized carbons (Fsp3) is 0.429. The highest BCUT2D eigenvalue weighted by atomic mass is 16.4. The van der Waals surface area contributed by atoms with Crippen LogP contribution in [-0.4, -0.2) is 39.9 Å². The minimum Gasteiger partial charge on any atom is -0.465 e. The van der Waals surface area contributed by atoms with E-state index in [1.807, 2.05) is 17.7 Å². The van der Waals surface area contributed by atoms with E-state index in [9.17, 15) is 4.79 Å². The number of piperidine rings is 1. The lowest BCUT2D eigenvalue weighted by molar-refractivity contribution is 0.210. The van der Waals surface area contributed by atoms with Crippen molar-refractivity contribution in [2.24, 2.45) is 12.8 Å². The Morgan fingerprint density at radius 2 is 2.33 bits per heavy atom. The van der Waals surface area contributed by atoms with Crippen LogP contribution in [0.2, 0.25) is 0 Å². The molecule has 7 heteroatoms. The molecule has 0 radical (unpaired) electrons. The number of fused-ring (bicyclic) bond motifs is 1. The zero-order valence-electron chi connectivity index (χ0n) is 11.9. The van der Waals surface area contributed by atoms with E-state index in [4.69, 9.17) is 10.8 Å². The molecule has 112 valence electrons. The SMILES string of the molecule is Cn1c(N2CCCC(N)C2)nc2cc(NC(=O)O)ccc21. The van der Waals surface area contributed by atoms with Gasteiger partial charge in [-0.3, -0.25) is 5.32 Å². The third kappa shape index (κ3) is 2.64. The van der Waals surface area contributed by atoms with Crippen molar-refractivity contribution in [2.45, 2.75) is 18.9 Å². The molecule has 0 aliphatic carbocycles. The summed E-state index contributed by atoms with van der Waals surface area (Å²) in [7, 11) is 1.97. The van der Waals surface area contributed by atoms with Gasteiger partial charge in [0.15, 0.2) is 0 Å². The molecule has 1 aliphatic heterocycles. The van der Waals surface area contributed by atoms with Crippen LogP contribution < -0.4 is 16.0 Å². The molecule has 1 fully saturated rings. The predicted molar refractivity (Wildman–Crippen MR) is 81.8 cm³/mol. The number of carboxylic acid groups (broad SMARTS) is 1. The van der Waals surface area contributed by atoms with E-state index in [0.717, 1.165) is 42.9 Å². The fourth-order valence-electron chi connectivity index (χ4n) is 2.86. The Hall–Kier alpha value is -2.28. The monoisotopic (exact) mass is 289 g/mol. The first kappa shape index (κ1) is 13.7. The number of rotatable bonds is 2. The Morgan fingerprint density at radius 1 is 1.52 bits per heavy atom. The number of amides is 1. The van der Waals surface area contributed by atoms with Crippen LogP contribution in [0, 0.1) is 0 Å². The Labute approximate surface area is 122 Å². The standard InChI is InChI=1S/C14H19N5O2/c1-18-12-5-4-10(16-14(20)21)7-11(12)17-13(18)19-6-2-3-9(15)8-19/h4-5,7,9,16H,2-3,6,8,15H2,1H3,(H,20,21). The lowest BCUT2D eigenvalue weighted by Gasteiger charge is -2.31. The number of nitrogens with two attached hydrogens (primary N) is 1. The molecule has 2 aromatic rings. The van der Waals surface area contributed by atoms with Crippen LogP contribution in [0.15, 0.2) is 18.2 Å². The van der Waals surface area contributed by atoms with E-state index in [2.05, 4.69) is 15.2 Å². The van der Waals surface area contributed by atoms with Crippen molar-refractivity contribution in [3.8, 4) is 0 Å². The second-order valence-corrected chi connectivity index (χ2v) is 5.45. The van der Waals surface area contributed by atoms with Crippen LogP contribution in [-0.2, 0) is 7.05 Å². The topological polar surface area (TPSA) is 96.4 Å². The Kier molecular flexibility index (Phi) is 3.42. The molecular formula is C14H19N5O2. The summed E-state index contributed by atoms with van der Waals surface area (Å²) in [5, 5.41) is 11.1. The van der Waals surface area contributed by atoms with Crippen molar-refractivity contribution < 1.29 is 9.90 Å². The van der Waals surface area contributed by atoms with Gasteiger partial charge in [0, 0.05) is 31.9 Å². The van der Waals surface area contributed by atoms with E-state index in [1.54, 1.807) is 12.1 Å². The Morgan fingerprint density at radius 3 is 3.05 bits per heavy atom. The second kappa shape index (κ2) is 5.25. The number of nitrogens with one attached hydrogen (secondary N) is 1. The maximum atomic E-state index is 10.7. The van der Waals surface area contributed by atoms with E-state index < -0.39 is 6.09 Å². The molecule has 1 saturated heterocycles. The molecule has 7 nitrogen and oxygen atoms in total. The van der Waals surface area contributed by atoms with Gasteiger partial charge < -0.3 is 20.3 Å². The molecule has 1 aromatic heterocycles. The van der Waals surface area contributed by atoms with Gasteiger partial charge in [0.1, 0.15) is 0 Å². The first-order valence-electron chi connectivity index (χ1n) is 7.01. The van der Waals surface area contributed by atoms with Crippen molar-refractivity contribution in [3.63, 3.8) is 0 Å². The molecule has 0 bridgehead atoms. The molecule has 21 heavy (non-hydrogen) atoms. The molecule has 1 amide bonds. The quantitative estimate of drug-likeness (QED) is 0.780. The number of anilines is 2. The number of benzene rings is 1. The van der Waals surface area contributed by atoms with Gasteiger partial charge in [-0.1, -0.05) is 0 Å². The summed E-state index contributed by atoms with van der Waals surface area (Å²) in [6.45, 7) is 1.75. The number of aryl methyl sites for hydroxylation is 1. The van der Waals surface area contributed by atoms with Crippen molar-refractivity contribution in [3.05, 3.63) is 18.2 Å². The number of imidazole rings is 1. The van der Waals surface area contributed by atoms with Gasteiger partial charge in [0.2, 0.25) is 5.95 Å². The molecule has 2 heterocycles. The second-order valence-electron chi connectivity index (χ2n) is 5.45. The zero-order valence-corrected chi connectivity index (χ0v) is 11.9. The van der Waals surface area contributed by atoms with E-state index in [0.29, 0.717) is 5.69 Å². The van der Waals surface area contributed by atoms with E-state index in [1.165, 1.54) is 0 Å². The maximum Gasteiger partial charge on any atom is 0.409 e. The Bertz CT molecular complexity index is 681. The van der Waals surface area contributed by atoms with Crippen molar-refractivity contribution in [1.29, 1.82) is 0 Å². The largest absolute Gasteiger partial charge is 0.465 e. The summed E-state index contributed by atoms with van der Waals surface area (Å²) in [5.41, 5.74) is 8.30. The lowest BCUT2D eigenvalue weighted by atomic mass is 10.1. The van der Waals surface area contributed by atoms with Crippen LogP contribution in [0.25, 0.3) is 11.0 Å². The predicted octanol–water partition coefficient (Wildman–Crippen LogP) is 1.59. The van der Waals surface area contributed by atoms with Crippen molar-refractivity contribution in [2.75, 3.05) is 23.3 Å². The number of nitrogens with zero attached hydrogens (tertiary/aromatic N) is 3. The lowest BCUT2D eigenvalue weighted by Crippen LogP contribution is -2.43. The minimum absolute atomic E-state index is 0.183. The summed E-state index contributed by atoms with van der Waals surface area (Å²) in [6, 6.07) is 5.55. The van der Waals surface area contributed by atoms with Crippen molar-refractivity contribution in [1.82, 2.24) is 9.55 Å². The molecule has 0 spiro atoms.